The second-order valence-electron chi connectivity index (χ2n) is 8.39. The van der Waals surface area contributed by atoms with E-state index in [0.717, 1.165) is 35.9 Å². The summed E-state index contributed by atoms with van der Waals surface area (Å²) in [5.74, 6) is 2.57. The van der Waals surface area contributed by atoms with Gasteiger partial charge in [0, 0.05) is 48.9 Å². The van der Waals surface area contributed by atoms with Crippen LogP contribution in [0.15, 0.2) is 54.7 Å². The van der Waals surface area contributed by atoms with Gasteiger partial charge in [0.2, 0.25) is 5.95 Å². The first-order chi connectivity index (χ1) is 16.5. The first-order valence-corrected chi connectivity index (χ1v) is 12.5. The zero-order valence-corrected chi connectivity index (χ0v) is 20.5. The number of thioether (sulfide) groups is 1. The molecule has 2 heterocycles. The van der Waals surface area contributed by atoms with E-state index in [1.807, 2.05) is 49.9 Å². The van der Waals surface area contributed by atoms with Gasteiger partial charge in [-0.15, -0.1) is 0 Å². The Hall–Kier alpha value is -3.13. The molecule has 178 valence electrons. The van der Waals surface area contributed by atoms with Crippen LogP contribution in [0.2, 0.25) is 0 Å². The minimum atomic E-state index is -0.417. The molecule has 1 saturated heterocycles. The third kappa shape index (κ3) is 5.33. The summed E-state index contributed by atoms with van der Waals surface area (Å²) >= 11 is 1.89. The Bertz CT molecular complexity index is 1150. The van der Waals surface area contributed by atoms with E-state index >= 15 is 0 Å². The van der Waals surface area contributed by atoms with Crippen LogP contribution in [0.5, 0.6) is 5.75 Å². The van der Waals surface area contributed by atoms with Crippen molar-refractivity contribution in [2.45, 2.75) is 26.4 Å². The maximum absolute atomic E-state index is 14.9. The van der Waals surface area contributed by atoms with Crippen molar-refractivity contribution in [1.82, 2.24) is 14.9 Å². The molecule has 0 unspecified atom stereocenters. The van der Waals surface area contributed by atoms with Gasteiger partial charge < -0.3 is 14.5 Å². The van der Waals surface area contributed by atoms with Crippen molar-refractivity contribution in [1.29, 1.82) is 0 Å². The van der Waals surface area contributed by atoms with Gasteiger partial charge >= 0.3 is 0 Å². The average Bonchev–Trinajstić information content (AvgIpc) is 2.87. The molecule has 6 nitrogen and oxygen atoms in total. The quantitative estimate of drug-likeness (QED) is 0.480. The topological polar surface area (TPSA) is 58.6 Å². The minimum Gasteiger partial charge on any atom is -0.497 e. The van der Waals surface area contributed by atoms with Crippen molar-refractivity contribution in [2.24, 2.45) is 0 Å². The second kappa shape index (κ2) is 10.9. The lowest BCUT2D eigenvalue weighted by Gasteiger charge is -2.29. The third-order valence-electron chi connectivity index (χ3n) is 5.80. The summed E-state index contributed by atoms with van der Waals surface area (Å²) in [6.07, 6.45) is 1.55. The van der Waals surface area contributed by atoms with Crippen LogP contribution in [0.4, 0.5) is 10.3 Å². The van der Waals surface area contributed by atoms with Gasteiger partial charge in [0.25, 0.3) is 5.91 Å². The number of carbonyl (C=O) groups is 1. The Labute approximate surface area is 204 Å². The summed E-state index contributed by atoms with van der Waals surface area (Å²) in [5, 5.41) is 0. The van der Waals surface area contributed by atoms with Crippen molar-refractivity contribution in [3.05, 3.63) is 71.7 Å². The summed E-state index contributed by atoms with van der Waals surface area (Å²) in [6.45, 7) is 5.95. The Morgan fingerprint density at radius 1 is 1.18 bits per heavy atom. The number of aromatic nitrogens is 2. The first-order valence-electron chi connectivity index (χ1n) is 11.4. The molecule has 4 rings (SSSR count). The van der Waals surface area contributed by atoms with Gasteiger partial charge in [-0.1, -0.05) is 24.3 Å². The smallest absolute Gasteiger partial charge is 0.258 e. The number of hydrogen-bond acceptors (Lipinski definition) is 6. The highest BCUT2D eigenvalue weighted by Gasteiger charge is 2.26. The minimum absolute atomic E-state index is 0.0917. The maximum Gasteiger partial charge on any atom is 0.258 e. The molecule has 3 aromatic rings. The molecule has 2 aromatic carbocycles. The molecule has 1 aliphatic heterocycles. The highest BCUT2D eigenvalue weighted by atomic mass is 32.2. The van der Waals surface area contributed by atoms with Crippen LogP contribution in [-0.2, 0) is 6.54 Å². The Kier molecular flexibility index (Phi) is 7.67. The SMILES string of the molecule is COc1cccc(CN(C(=O)c2cnc(N3CCSCC3)nc2-c2ccccc2F)C(C)C)c1. The Morgan fingerprint density at radius 2 is 1.94 bits per heavy atom. The number of anilines is 1. The van der Waals surface area contributed by atoms with E-state index in [0.29, 0.717) is 23.8 Å². The summed E-state index contributed by atoms with van der Waals surface area (Å²) < 4.78 is 20.2. The number of nitrogens with zero attached hydrogens (tertiary/aromatic N) is 4. The molecular formula is C26H29FN4O2S. The van der Waals surface area contributed by atoms with Gasteiger partial charge in [0.1, 0.15) is 11.6 Å². The van der Waals surface area contributed by atoms with E-state index in [2.05, 4.69) is 9.88 Å². The van der Waals surface area contributed by atoms with Crippen molar-refractivity contribution in [3.63, 3.8) is 0 Å². The Morgan fingerprint density at radius 3 is 2.65 bits per heavy atom. The molecule has 1 fully saturated rings. The normalized spacial score (nSPS) is 13.7. The van der Waals surface area contributed by atoms with Crippen molar-refractivity contribution < 1.29 is 13.9 Å². The summed E-state index contributed by atoms with van der Waals surface area (Å²) in [4.78, 5) is 26.9. The number of ether oxygens (including phenoxy) is 1. The number of hydrogen-bond donors (Lipinski definition) is 0. The first kappa shape index (κ1) is 24.0. The molecule has 0 N–H and O–H groups in total. The van der Waals surface area contributed by atoms with Gasteiger partial charge in [-0.2, -0.15) is 11.8 Å². The van der Waals surface area contributed by atoms with Crippen molar-refractivity contribution in [2.75, 3.05) is 36.6 Å². The molecule has 1 amide bonds. The van der Waals surface area contributed by atoms with Crippen LogP contribution >= 0.6 is 11.8 Å². The van der Waals surface area contributed by atoms with Gasteiger partial charge in [-0.25, -0.2) is 14.4 Å². The lowest BCUT2D eigenvalue weighted by atomic mass is 10.0. The Balaban J connectivity index is 1.74. The number of benzene rings is 2. The van der Waals surface area contributed by atoms with Crippen LogP contribution < -0.4 is 9.64 Å². The van der Waals surface area contributed by atoms with E-state index in [1.165, 1.54) is 6.07 Å². The molecule has 34 heavy (non-hydrogen) atoms. The molecule has 8 heteroatoms. The lowest BCUT2D eigenvalue weighted by molar-refractivity contribution is 0.0690. The third-order valence-corrected chi connectivity index (χ3v) is 6.74. The fraction of sp³-hybridized carbons (Fsp3) is 0.346. The van der Waals surface area contributed by atoms with E-state index in [-0.39, 0.29) is 17.5 Å². The van der Waals surface area contributed by atoms with Crippen molar-refractivity contribution >= 4 is 23.6 Å². The molecule has 0 saturated carbocycles. The average molecular weight is 481 g/mol. The van der Waals surface area contributed by atoms with Crippen LogP contribution in [0, 0.1) is 5.82 Å². The van der Waals surface area contributed by atoms with Gasteiger partial charge in [-0.3, -0.25) is 4.79 Å². The van der Waals surface area contributed by atoms with E-state index in [1.54, 1.807) is 36.4 Å². The molecule has 0 aliphatic carbocycles. The molecule has 0 bridgehead atoms. The zero-order chi connectivity index (χ0) is 24.1. The summed E-state index contributed by atoms with van der Waals surface area (Å²) in [5.41, 5.74) is 1.85. The van der Waals surface area contributed by atoms with Gasteiger partial charge in [-0.05, 0) is 43.7 Å². The zero-order valence-electron chi connectivity index (χ0n) is 19.7. The monoisotopic (exact) mass is 480 g/mol. The largest absolute Gasteiger partial charge is 0.497 e. The standard InChI is InChI=1S/C26H29FN4O2S/c1-18(2)31(17-19-7-6-8-20(15-19)33-3)25(32)22-16-28-26(30-11-13-34-14-12-30)29-24(22)21-9-4-5-10-23(21)27/h4-10,15-16,18H,11-14,17H2,1-3H3. The molecule has 0 spiro atoms. The van der Waals surface area contributed by atoms with Crippen LogP contribution in [0.1, 0.15) is 29.8 Å². The number of carbonyl (C=O) groups excluding carboxylic acids is 1. The van der Waals surface area contributed by atoms with Crippen LogP contribution in [-0.4, -0.2) is 58.5 Å². The molecular weight excluding hydrogens is 451 g/mol. The fourth-order valence-electron chi connectivity index (χ4n) is 3.91. The van der Waals surface area contributed by atoms with E-state index < -0.39 is 5.82 Å². The number of amides is 1. The molecule has 0 atom stereocenters. The predicted octanol–water partition coefficient (Wildman–Crippen LogP) is 4.90. The highest BCUT2D eigenvalue weighted by molar-refractivity contribution is 7.99. The van der Waals surface area contributed by atoms with Crippen LogP contribution in [0.3, 0.4) is 0 Å². The van der Waals surface area contributed by atoms with Crippen molar-refractivity contribution in [3.8, 4) is 17.0 Å². The molecule has 0 radical (unpaired) electrons. The predicted molar refractivity (Wildman–Crippen MR) is 135 cm³/mol. The van der Waals surface area contributed by atoms with Gasteiger partial charge in [0.05, 0.1) is 18.4 Å². The number of methoxy groups -OCH3 is 1. The summed E-state index contributed by atoms with van der Waals surface area (Å²) in [6, 6.07) is 14.0. The molecule has 1 aliphatic rings. The maximum atomic E-state index is 14.9. The van der Waals surface area contributed by atoms with Crippen LogP contribution in [0.25, 0.3) is 11.3 Å². The number of halogens is 1. The number of rotatable bonds is 7. The second-order valence-corrected chi connectivity index (χ2v) is 9.61. The highest BCUT2D eigenvalue weighted by Crippen LogP contribution is 2.29. The van der Waals surface area contributed by atoms with E-state index in [4.69, 9.17) is 9.72 Å². The van der Waals surface area contributed by atoms with Gasteiger partial charge in [0.15, 0.2) is 0 Å². The lowest BCUT2D eigenvalue weighted by Crippen LogP contribution is -2.37. The summed E-state index contributed by atoms with van der Waals surface area (Å²) in [7, 11) is 1.62. The van der Waals surface area contributed by atoms with E-state index in [9.17, 15) is 9.18 Å². The fourth-order valence-corrected chi connectivity index (χ4v) is 4.82. The molecule has 1 aromatic heterocycles.